The maximum Gasteiger partial charge on any atom is 0.408 e. The van der Waals surface area contributed by atoms with Crippen LogP contribution < -0.4 is 5.32 Å². The third-order valence-electron chi connectivity index (χ3n) is 5.13. The van der Waals surface area contributed by atoms with Crippen molar-refractivity contribution in [3.05, 3.63) is 54.5 Å². The summed E-state index contributed by atoms with van der Waals surface area (Å²) in [7, 11) is -1.26. The van der Waals surface area contributed by atoms with E-state index in [9.17, 15) is 14.7 Å². The Labute approximate surface area is 209 Å². The molecule has 0 aliphatic carbocycles. The van der Waals surface area contributed by atoms with E-state index < -0.39 is 31.8 Å². The summed E-state index contributed by atoms with van der Waals surface area (Å²) >= 11 is 0. The molecule has 0 unspecified atom stereocenters. The Hall–Kier alpha value is -2.91. The van der Waals surface area contributed by atoms with Crippen LogP contribution in [0.5, 0.6) is 0 Å². The van der Waals surface area contributed by atoms with Crippen LogP contribution in [0.4, 0.5) is 4.79 Å². The lowest BCUT2D eigenvalue weighted by atomic mass is 10.1. The SMILES string of the molecule is C=CCC[C@H](NC(=O)OC(C)(C)C)c1nc(-c2ccccc2C(=O)O)cn1COCC[Si](C)(C)C. The molecular weight excluding hydrogens is 462 g/mol. The molecule has 0 radical (unpaired) electrons. The maximum absolute atomic E-state index is 12.6. The zero-order valence-electron chi connectivity index (χ0n) is 21.8. The number of carbonyl (C=O) groups is 2. The van der Waals surface area contributed by atoms with Gasteiger partial charge in [0.2, 0.25) is 0 Å². The Bertz CT molecular complexity index is 1020. The van der Waals surface area contributed by atoms with Gasteiger partial charge in [-0.3, -0.25) is 0 Å². The lowest BCUT2D eigenvalue weighted by molar-refractivity contribution is 0.0488. The molecule has 1 aromatic heterocycles. The second-order valence-electron chi connectivity index (χ2n) is 10.7. The first-order valence-corrected chi connectivity index (χ1v) is 15.6. The minimum atomic E-state index is -1.26. The van der Waals surface area contributed by atoms with Gasteiger partial charge in [-0.15, -0.1) is 6.58 Å². The average molecular weight is 502 g/mol. The first kappa shape index (κ1) is 28.3. The molecule has 1 amide bonds. The average Bonchev–Trinajstić information content (AvgIpc) is 3.16. The van der Waals surface area contributed by atoms with Crippen LogP contribution in [0.15, 0.2) is 43.1 Å². The van der Waals surface area contributed by atoms with Gasteiger partial charge in [-0.05, 0) is 45.7 Å². The number of carbonyl (C=O) groups excluding carboxylic acids is 1. The number of benzene rings is 1. The van der Waals surface area contributed by atoms with Crippen molar-refractivity contribution in [2.24, 2.45) is 0 Å². The summed E-state index contributed by atoms with van der Waals surface area (Å²) in [6.45, 7) is 16.9. The van der Waals surface area contributed by atoms with Gasteiger partial charge in [0.15, 0.2) is 0 Å². The number of hydrogen-bond donors (Lipinski definition) is 2. The predicted molar refractivity (Wildman–Crippen MR) is 140 cm³/mol. The molecule has 2 N–H and O–H groups in total. The largest absolute Gasteiger partial charge is 0.478 e. The van der Waals surface area contributed by atoms with Crippen LogP contribution in [0.3, 0.4) is 0 Å². The van der Waals surface area contributed by atoms with Crippen molar-refractivity contribution in [1.29, 1.82) is 0 Å². The summed E-state index contributed by atoms with van der Waals surface area (Å²) < 4.78 is 13.3. The maximum atomic E-state index is 12.6. The van der Waals surface area contributed by atoms with Crippen LogP contribution in [-0.4, -0.2) is 47.0 Å². The summed E-state index contributed by atoms with van der Waals surface area (Å²) in [5.41, 5.74) is 0.517. The zero-order chi connectivity index (χ0) is 26.2. The van der Waals surface area contributed by atoms with Crippen molar-refractivity contribution in [2.45, 2.75) is 77.7 Å². The fourth-order valence-electron chi connectivity index (χ4n) is 3.38. The van der Waals surface area contributed by atoms with Gasteiger partial charge in [-0.2, -0.15) is 0 Å². The van der Waals surface area contributed by atoms with Crippen LogP contribution in [0.25, 0.3) is 11.3 Å². The van der Waals surface area contributed by atoms with Gasteiger partial charge in [-0.25, -0.2) is 14.6 Å². The summed E-state index contributed by atoms with van der Waals surface area (Å²) in [5.74, 6) is -0.459. The molecular formula is C26H39N3O5Si. The summed E-state index contributed by atoms with van der Waals surface area (Å²) in [4.78, 5) is 29.2. The molecule has 0 saturated carbocycles. The Morgan fingerprint density at radius 2 is 1.94 bits per heavy atom. The van der Waals surface area contributed by atoms with E-state index in [0.29, 0.717) is 36.5 Å². The predicted octanol–water partition coefficient (Wildman–Crippen LogP) is 6.09. The highest BCUT2D eigenvalue weighted by atomic mass is 28.3. The molecule has 0 spiro atoms. The molecule has 0 bridgehead atoms. The van der Waals surface area contributed by atoms with E-state index in [1.54, 1.807) is 57.3 Å². The van der Waals surface area contributed by atoms with Crippen molar-refractivity contribution >= 4 is 20.1 Å². The van der Waals surface area contributed by atoms with Crippen LogP contribution in [0.2, 0.25) is 25.7 Å². The van der Waals surface area contributed by atoms with Crippen molar-refractivity contribution in [3.63, 3.8) is 0 Å². The minimum Gasteiger partial charge on any atom is -0.478 e. The van der Waals surface area contributed by atoms with Crippen LogP contribution in [-0.2, 0) is 16.2 Å². The molecule has 0 saturated heterocycles. The number of nitrogens with zero attached hydrogens (tertiary/aromatic N) is 2. The molecule has 0 aliphatic rings. The van der Waals surface area contributed by atoms with Crippen LogP contribution in [0, 0.1) is 0 Å². The number of hydrogen-bond acceptors (Lipinski definition) is 5. The van der Waals surface area contributed by atoms with Crippen molar-refractivity contribution in [1.82, 2.24) is 14.9 Å². The van der Waals surface area contributed by atoms with E-state index in [-0.39, 0.29) is 12.3 Å². The Morgan fingerprint density at radius 3 is 2.54 bits per heavy atom. The zero-order valence-corrected chi connectivity index (χ0v) is 22.8. The number of nitrogens with one attached hydrogen (secondary N) is 1. The number of ether oxygens (including phenoxy) is 2. The molecule has 2 aromatic rings. The van der Waals surface area contributed by atoms with Gasteiger partial charge in [0.05, 0.1) is 17.3 Å². The molecule has 35 heavy (non-hydrogen) atoms. The monoisotopic (exact) mass is 501 g/mol. The Balaban J connectivity index is 2.44. The van der Waals surface area contributed by atoms with E-state index >= 15 is 0 Å². The second-order valence-corrected chi connectivity index (χ2v) is 16.3. The Morgan fingerprint density at radius 1 is 1.26 bits per heavy atom. The third kappa shape index (κ3) is 9.33. The first-order valence-electron chi connectivity index (χ1n) is 11.9. The highest BCUT2D eigenvalue weighted by Gasteiger charge is 2.25. The van der Waals surface area contributed by atoms with Crippen molar-refractivity contribution in [2.75, 3.05) is 6.61 Å². The van der Waals surface area contributed by atoms with E-state index in [1.807, 2.05) is 4.57 Å². The topological polar surface area (TPSA) is 103 Å². The quantitative estimate of drug-likeness (QED) is 0.207. The Kier molecular flexibility index (Phi) is 9.85. The van der Waals surface area contributed by atoms with Crippen LogP contribution >= 0.6 is 0 Å². The lowest BCUT2D eigenvalue weighted by Gasteiger charge is -2.24. The van der Waals surface area contributed by atoms with E-state index in [4.69, 9.17) is 14.5 Å². The minimum absolute atomic E-state index is 0.158. The number of carboxylic acid groups (broad SMARTS) is 1. The number of alkyl carbamates (subject to hydrolysis) is 1. The fourth-order valence-corrected chi connectivity index (χ4v) is 4.13. The van der Waals surface area contributed by atoms with Crippen molar-refractivity contribution < 1.29 is 24.2 Å². The molecule has 192 valence electrons. The van der Waals surface area contributed by atoms with Crippen molar-refractivity contribution in [3.8, 4) is 11.3 Å². The summed E-state index contributed by atoms with van der Waals surface area (Å²) in [6, 6.07) is 7.28. The number of aromatic carboxylic acids is 1. The number of imidazole rings is 1. The molecule has 1 aromatic carbocycles. The third-order valence-corrected chi connectivity index (χ3v) is 6.83. The van der Waals surface area contributed by atoms with E-state index in [2.05, 4.69) is 31.5 Å². The molecule has 0 fully saturated rings. The van der Waals surface area contributed by atoms with Crippen LogP contribution in [0.1, 0.15) is 55.8 Å². The number of allylic oxidation sites excluding steroid dienone is 1. The van der Waals surface area contributed by atoms with Gasteiger partial charge in [0, 0.05) is 26.4 Å². The van der Waals surface area contributed by atoms with Gasteiger partial charge in [0.1, 0.15) is 18.2 Å². The number of amides is 1. The van der Waals surface area contributed by atoms with Gasteiger partial charge < -0.3 is 24.5 Å². The van der Waals surface area contributed by atoms with E-state index in [1.165, 1.54) is 0 Å². The number of carboxylic acids is 1. The molecule has 1 atom stereocenters. The lowest BCUT2D eigenvalue weighted by Crippen LogP contribution is -2.36. The summed E-state index contributed by atoms with van der Waals surface area (Å²) in [6.07, 6.45) is 4.21. The molecule has 1 heterocycles. The summed E-state index contributed by atoms with van der Waals surface area (Å²) in [5, 5.41) is 12.6. The number of rotatable bonds is 12. The number of aromatic nitrogens is 2. The smallest absolute Gasteiger partial charge is 0.408 e. The molecule has 8 nitrogen and oxygen atoms in total. The van der Waals surface area contributed by atoms with Gasteiger partial charge in [-0.1, -0.05) is 43.9 Å². The van der Waals surface area contributed by atoms with Gasteiger partial charge >= 0.3 is 12.1 Å². The standard InChI is InChI=1S/C26H39N3O5Si/c1-8-9-14-21(28-25(32)34-26(2,3)4)23-27-22(19-12-10-11-13-20(19)24(30)31)17-29(23)18-33-15-16-35(5,6)7/h8,10-13,17,21H,1,9,14-16,18H2,2-7H3,(H,28,32)(H,30,31)/t21-/m0/s1. The van der Waals surface area contributed by atoms with Gasteiger partial charge in [0.25, 0.3) is 0 Å². The first-order chi connectivity index (χ1) is 16.3. The van der Waals surface area contributed by atoms with E-state index in [0.717, 1.165) is 6.04 Å². The molecule has 9 heteroatoms. The highest BCUT2D eigenvalue weighted by Crippen LogP contribution is 2.27. The highest BCUT2D eigenvalue weighted by molar-refractivity contribution is 6.76. The molecule has 2 rings (SSSR count). The second kappa shape index (κ2) is 12.2. The fraction of sp³-hybridized carbons (Fsp3) is 0.500. The normalized spacial score (nSPS) is 12.7. The molecule has 0 aliphatic heterocycles.